The maximum atomic E-state index is 11.2. The van der Waals surface area contributed by atoms with Crippen LogP contribution in [-0.4, -0.2) is 41.8 Å². The molecule has 2 aromatic rings. The minimum atomic E-state index is -0.841. The van der Waals surface area contributed by atoms with Crippen LogP contribution in [0.5, 0.6) is 0 Å². The van der Waals surface area contributed by atoms with Crippen molar-refractivity contribution < 1.29 is 4.21 Å². The van der Waals surface area contributed by atoms with E-state index < -0.39 is 10.8 Å². The first-order valence-corrected chi connectivity index (χ1v) is 6.51. The third-order valence-electron chi connectivity index (χ3n) is 2.34. The standard InChI is InChI=1S/C9H13N5OS/c1-7(16(2)15)5-11-8-9-13-12-6-14(9)4-3-10-8/h3-4,6-7H,5H2,1-2H3,(H,10,11). The molecule has 1 N–H and O–H groups in total. The van der Waals surface area contributed by atoms with Gasteiger partial charge in [0.1, 0.15) is 6.33 Å². The molecule has 0 amide bonds. The van der Waals surface area contributed by atoms with Gasteiger partial charge in [-0.3, -0.25) is 8.61 Å². The lowest BCUT2D eigenvalue weighted by atomic mass is 10.4. The van der Waals surface area contributed by atoms with Gasteiger partial charge >= 0.3 is 0 Å². The molecular formula is C9H13N5OS. The Kier molecular flexibility index (Phi) is 3.14. The van der Waals surface area contributed by atoms with E-state index in [4.69, 9.17) is 0 Å². The molecule has 0 saturated carbocycles. The van der Waals surface area contributed by atoms with Crippen molar-refractivity contribution >= 4 is 22.3 Å². The van der Waals surface area contributed by atoms with Crippen LogP contribution < -0.4 is 5.32 Å². The molecule has 0 fully saturated rings. The maximum absolute atomic E-state index is 11.2. The van der Waals surface area contributed by atoms with Gasteiger partial charge in [-0.25, -0.2) is 4.98 Å². The van der Waals surface area contributed by atoms with Gasteiger partial charge in [0.2, 0.25) is 5.65 Å². The predicted octanol–water partition coefficient (Wildman–Crippen LogP) is 0.303. The van der Waals surface area contributed by atoms with Gasteiger partial charge in [0.05, 0.1) is 0 Å². The van der Waals surface area contributed by atoms with Crippen LogP contribution in [0.25, 0.3) is 5.65 Å². The van der Waals surface area contributed by atoms with Crippen LogP contribution in [0.3, 0.4) is 0 Å². The molecule has 2 unspecified atom stereocenters. The van der Waals surface area contributed by atoms with Gasteiger partial charge in [0, 0.05) is 41.2 Å². The van der Waals surface area contributed by atoms with E-state index in [1.807, 2.05) is 6.92 Å². The number of hydrogen-bond donors (Lipinski definition) is 1. The molecule has 0 radical (unpaired) electrons. The van der Waals surface area contributed by atoms with Crippen molar-refractivity contribution in [2.45, 2.75) is 12.2 Å². The van der Waals surface area contributed by atoms with Crippen molar-refractivity contribution in [3.05, 3.63) is 18.7 Å². The maximum Gasteiger partial charge on any atom is 0.203 e. The number of anilines is 1. The fourth-order valence-corrected chi connectivity index (χ4v) is 1.56. The van der Waals surface area contributed by atoms with Gasteiger partial charge in [0.25, 0.3) is 0 Å². The Morgan fingerprint density at radius 3 is 3.19 bits per heavy atom. The molecule has 2 aromatic heterocycles. The molecular weight excluding hydrogens is 226 g/mol. The molecule has 2 atom stereocenters. The summed E-state index contributed by atoms with van der Waals surface area (Å²) in [6.07, 6.45) is 6.76. The molecule has 2 heterocycles. The highest BCUT2D eigenvalue weighted by atomic mass is 32.2. The normalized spacial score (nSPS) is 14.9. The smallest absolute Gasteiger partial charge is 0.203 e. The fourth-order valence-electron chi connectivity index (χ4n) is 1.24. The Bertz CT molecular complexity index is 511. The summed E-state index contributed by atoms with van der Waals surface area (Å²) in [6.45, 7) is 2.52. The van der Waals surface area contributed by atoms with Gasteiger partial charge in [-0.2, -0.15) is 0 Å². The number of aromatic nitrogens is 4. The molecule has 7 heteroatoms. The van der Waals surface area contributed by atoms with Crippen LogP contribution >= 0.6 is 0 Å². The minimum absolute atomic E-state index is 0.0741. The zero-order valence-electron chi connectivity index (χ0n) is 9.12. The molecule has 0 aliphatic rings. The lowest BCUT2D eigenvalue weighted by Crippen LogP contribution is -2.21. The van der Waals surface area contributed by atoms with Crippen molar-refractivity contribution in [1.82, 2.24) is 19.6 Å². The number of hydrogen-bond acceptors (Lipinski definition) is 5. The first-order valence-electron chi connectivity index (χ1n) is 4.89. The second kappa shape index (κ2) is 4.56. The van der Waals surface area contributed by atoms with Crippen LogP contribution in [0, 0.1) is 0 Å². The van der Waals surface area contributed by atoms with E-state index in [1.54, 1.807) is 29.4 Å². The highest BCUT2D eigenvalue weighted by molar-refractivity contribution is 7.84. The number of nitrogens with zero attached hydrogens (tertiary/aromatic N) is 4. The highest BCUT2D eigenvalue weighted by Gasteiger charge is 2.08. The lowest BCUT2D eigenvalue weighted by molar-refractivity contribution is 0.679. The Morgan fingerprint density at radius 1 is 1.62 bits per heavy atom. The Hall–Kier alpha value is -1.50. The van der Waals surface area contributed by atoms with E-state index in [1.165, 1.54) is 0 Å². The first-order chi connectivity index (χ1) is 7.68. The number of fused-ring (bicyclic) bond motifs is 1. The Morgan fingerprint density at radius 2 is 2.44 bits per heavy atom. The molecule has 0 aliphatic heterocycles. The number of rotatable bonds is 4. The van der Waals surface area contributed by atoms with Gasteiger partial charge in [-0.05, 0) is 6.92 Å². The van der Waals surface area contributed by atoms with Gasteiger partial charge < -0.3 is 5.32 Å². The van der Waals surface area contributed by atoms with Crippen LogP contribution in [-0.2, 0) is 10.8 Å². The molecule has 86 valence electrons. The molecule has 0 saturated heterocycles. The quantitative estimate of drug-likeness (QED) is 0.831. The minimum Gasteiger partial charge on any atom is -0.366 e. The van der Waals surface area contributed by atoms with Crippen LogP contribution in [0.1, 0.15) is 6.92 Å². The molecule has 0 aliphatic carbocycles. The summed E-state index contributed by atoms with van der Waals surface area (Å²) in [5, 5.41) is 11.0. The molecule has 0 bridgehead atoms. The first kappa shape index (κ1) is 11.0. The van der Waals surface area contributed by atoms with Gasteiger partial charge in [-0.1, -0.05) is 0 Å². The van der Waals surface area contributed by atoms with Crippen LogP contribution in [0.15, 0.2) is 18.7 Å². The second-order valence-electron chi connectivity index (χ2n) is 3.53. The summed E-state index contributed by atoms with van der Waals surface area (Å²) >= 11 is 0. The van der Waals surface area contributed by atoms with Crippen molar-refractivity contribution in [1.29, 1.82) is 0 Å². The second-order valence-corrected chi connectivity index (χ2v) is 5.33. The number of nitrogens with one attached hydrogen (secondary N) is 1. The van der Waals surface area contributed by atoms with E-state index in [9.17, 15) is 4.21 Å². The van der Waals surface area contributed by atoms with E-state index in [0.29, 0.717) is 18.0 Å². The summed E-state index contributed by atoms with van der Waals surface area (Å²) in [6, 6.07) is 0. The zero-order valence-corrected chi connectivity index (χ0v) is 9.94. The third kappa shape index (κ3) is 2.19. The van der Waals surface area contributed by atoms with Crippen LogP contribution in [0.4, 0.5) is 5.82 Å². The zero-order chi connectivity index (χ0) is 11.5. The summed E-state index contributed by atoms with van der Waals surface area (Å²) < 4.78 is 13.0. The monoisotopic (exact) mass is 239 g/mol. The third-order valence-corrected chi connectivity index (χ3v) is 3.64. The predicted molar refractivity (Wildman–Crippen MR) is 62.8 cm³/mol. The lowest BCUT2D eigenvalue weighted by Gasteiger charge is -2.10. The van der Waals surface area contributed by atoms with E-state index >= 15 is 0 Å². The summed E-state index contributed by atoms with van der Waals surface area (Å²) in [7, 11) is -0.841. The summed E-state index contributed by atoms with van der Waals surface area (Å²) in [5.41, 5.74) is 0.677. The van der Waals surface area contributed by atoms with Gasteiger partial charge in [0.15, 0.2) is 5.82 Å². The largest absolute Gasteiger partial charge is 0.366 e. The van der Waals surface area contributed by atoms with E-state index in [0.717, 1.165) is 0 Å². The molecule has 0 spiro atoms. The van der Waals surface area contributed by atoms with Crippen LogP contribution in [0.2, 0.25) is 0 Å². The average molecular weight is 239 g/mol. The van der Waals surface area contributed by atoms with Crippen molar-refractivity contribution in [3.8, 4) is 0 Å². The molecule has 2 rings (SSSR count). The van der Waals surface area contributed by atoms with E-state index in [-0.39, 0.29) is 5.25 Å². The summed E-state index contributed by atoms with van der Waals surface area (Å²) in [5.74, 6) is 0.664. The van der Waals surface area contributed by atoms with E-state index in [2.05, 4.69) is 20.5 Å². The topological polar surface area (TPSA) is 72.2 Å². The van der Waals surface area contributed by atoms with Crippen molar-refractivity contribution in [2.75, 3.05) is 18.1 Å². The summed E-state index contributed by atoms with van der Waals surface area (Å²) in [4.78, 5) is 4.18. The molecule has 16 heavy (non-hydrogen) atoms. The average Bonchev–Trinajstić information content (AvgIpc) is 2.73. The highest BCUT2D eigenvalue weighted by Crippen LogP contribution is 2.09. The van der Waals surface area contributed by atoms with Crippen molar-refractivity contribution in [3.63, 3.8) is 0 Å². The Balaban J connectivity index is 2.15. The Labute approximate surface area is 95.6 Å². The molecule has 0 aromatic carbocycles. The van der Waals surface area contributed by atoms with Crippen molar-refractivity contribution in [2.24, 2.45) is 0 Å². The fraction of sp³-hybridized carbons (Fsp3) is 0.444. The van der Waals surface area contributed by atoms with Gasteiger partial charge in [-0.15, -0.1) is 10.2 Å². The molecule has 6 nitrogen and oxygen atoms in total. The SMILES string of the molecule is CC(CNc1nccn2cnnc12)S(C)=O.